The number of nitrogens with zero attached hydrogens (tertiary/aromatic N) is 1. The van der Waals surface area contributed by atoms with Crippen LogP contribution in [0.1, 0.15) is 44.4 Å². The molecule has 19 heavy (non-hydrogen) atoms. The first-order valence-corrected chi connectivity index (χ1v) is 8.26. The van der Waals surface area contributed by atoms with Crippen LogP contribution in [0.5, 0.6) is 0 Å². The quantitative estimate of drug-likeness (QED) is 0.869. The third-order valence-electron chi connectivity index (χ3n) is 4.42. The Labute approximate surface area is 120 Å². The van der Waals surface area contributed by atoms with Crippen molar-refractivity contribution < 1.29 is 4.74 Å². The first kappa shape index (κ1) is 14.9. The number of ether oxygens (including phenoxy) is 1. The lowest BCUT2D eigenvalue weighted by Crippen LogP contribution is -2.54. The van der Waals surface area contributed by atoms with Crippen LogP contribution in [0.25, 0.3) is 0 Å². The van der Waals surface area contributed by atoms with Gasteiger partial charge in [0.1, 0.15) is 0 Å². The highest BCUT2D eigenvalue weighted by atomic mass is 32.1. The van der Waals surface area contributed by atoms with Gasteiger partial charge in [-0.05, 0) is 45.6 Å². The number of nitrogens with one attached hydrogen (secondary N) is 1. The third kappa shape index (κ3) is 3.56. The molecule has 0 spiro atoms. The molecule has 1 aliphatic carbocycles. The zero-order chi connectivity index (χ0) is 13.7. The Hall–Kier alpha value is -0.450. The summed E-state index contributed by atoms with van der Waals surface area (Å²) in [4.78, 5) is 5.53. The number of thiazole rings is 1. The fourth-order valence-electron chi connectivity index (χ4n) is 3.23. The van der Waals surface area contributed by atoms with Gasteiger partial charge in [0.05, 0.1) is 11.1 Å². The zero-order valence-corrected chi connectivity index (χ0v) is 13.1. The van der Waals surface area contributed by atoms with Gasteiger partial charge in [0.2, 0.25) is 0 Å². The normalized spacial score (nSPS) is 29.3. The van der Waals surface area contributed by atoms with Crippen LogP contribution in [0.3, 0.4) is 0 Å². The predicted octanol–water partition coefficient (Wildman–Crippen LogP) is 3.26. The molecule has 0 aliphatic heterocycles. The second-order valence-electron chi connectivity index (χ2n) is 5.69. The summed E-state index contributed by atoms with van der Waals surface area (Å²) in [6.07, 6.45) is 7.91. The van der Waals surface area contributed by atoms with Gasteiger partial charge in [0.25, 0.3) is 0 Å². The molecule has 0 radical (unpaired) electrons. The Morgan fingerprint density at radius 3 is 2.79 bits per heavy atom. The molecule has 1 aromatic rings. The topological polar surface area (TPSA) is 34.1 Å². The Kier molecular flexibility index (Phi) is 5.37. The summed E-state index contributed by atoms with van der Waals surface area (Å²) in [5, 5.41) is 3.50. The minimum absolute atomic E-state index is 0.0139. The van der Waals surface area contributed by atoms with Crippen LogP contribution in [-0.4, -0.2) is 30.3 Å². The van der Waals surface area contributed by atoms with Crippen LogP contribution >= 0.6 is 11.3 Å². The number of hydrogen-bond acceptors (Lipinski definition) is 4. The molecule has 2 rings (SSSR count). The van der Waals surface area contributed by atoms with Crippen LogP contribution in [-0.2, 0) is 11.2 Å². The third-order valence-corrected chi connectivity index (χ3v) is 5.23. The van der Waals surface area contributed by atoms with Gasteiger partial charge < -0.3 is 10.1 Å². The van der Waals surface area contributed by atoms with Gasteiger partial charge in [0.15, 0.2) is 0 Å². The van der Waals surface area contributed by atoms with Crippen LogP contribution in [0, 0.1) is 5.92 Å². The summed E-state index contributed by atoms with van der Waals surface area (Å²) in [5.74, 6) is 0.842. The van der Waals surface area contributed by atoms with E-state index in [2.05, 4.69) is 31.2 Å². The molecule has 3 nitrogen and oxygen atoms in total. The largest absolute Gasteiger partial charge is 0.374 e. The molecule has 1 aliphatic rings. The summed E-state index contributed by atoms with van der Waals surface area (Å²) in [6, 6.07) is 0.389. The van der Waals surface area contributed by atoms with Crippen molar-refractivity contribution in [3.05, 3.63) is 16.6 Å². The van der Waals surface area contributed by atoms with E-state index in [1.165, 1.54) is 30.6 Å². The Bertz CT molecular complexity index is 358. The highest BCUT2D eigenvalue weighted by Gasteiger charge is 2.41. The van der Waals surface area contributed by atoms with Crippen molar-refractivity contribution in [1.29, 1.82) is 0 Å². The molecule has 1 fully saturated rings. The maximum Gasteiger partial charge on any atom is 0.0838 e. The molecule has 1 unspecified atom stereocenters. The molecule has 1 saturated carbocycles. The van der Waals surface area contributed by atoms with Crippen LogP contribution < -0.4 is 5.32 Å². The summed E-state index contributed by atoms with van der Waals surface area (Å²) in [5.41, 5.74) is 1.93. The molecule has 0 saturated heterocycles. The summed E-state index contributed by atoms with van der Waals surface area (Å²) < 4.78 is 6.24. The van der Waals surface area contributed by atoms with E-state index in [1.807, 2.05) is 11.7 Å². The van der Waals surface area contributed by atoms with Crippen molar-refractivity contribution in [1.82, 2.24) is 10.3 Å². The van der Waals surface area contributed by atoms with Gasteiger partial charge in [-0.3, -0.25) is 4.98 Å². The Morgan fingerprint density at radius 2 is 2.26 bits per heavy atom. The van der Waals surface area contributed by atoms with Crippen molar-refractivity contribution in [3.8, 4) is 0 Å². The van der Waals surface area contributed by atoms with Crippen LogP contribution in [0.4, 0.5) is 0 Å². The van der Waals surface area contributed by atoms with Gasteiger partial charge >= 0.3 is 0 Å². The Balaban J connectivity index is 2.10. The van der Waals surface area contributed by atoms with E-state index in [0.29, 0.717) is 6.04 Å². The lowest BCUT2D eigenvalue weighted by Gasteiger charge is -2.44. The number of hydrogen-bond donors (Lipinski definition) is 1. The minimum Gasteiger partial charge on any atom is -0.374 e. The molecule has 1 N–H and O–H groups in total. The summed E-state index contributed by atoms with van der Waals surface area (Å²) >= 11 is 1.74. The van der Waals surface area contributed by atoms with Gasteiger partial charge in [-0.1, -0.05) is 6.92 Å². The molecule has 108 valence electrons. The molecule has 0 bridgehead atoms. The average molecular weight is 282 g/mol. The number of rotatable bonds is 6. The Morgan fingerprint density at radius 1 is 1.53 bits per heavy atom. The fourth-order valence-corrected chi connectivity index (χ4v) is 3.87. The van der Waals surface area contributed by atoms with Gasteiger partial charge in [-0.15, -0.1) is 11.3 Å². The standard InChI is InChI=1S/C15H26N2OS/c1-4-18-15(7-5-12(2)6-8-15)14(16-3)9-13-10-17-11-19-13/h10-12,14,16H,4-9H2,1-3H3. The smallest absolute Gasteiger partial charge is 0.0838 e. The summed E-state index contributed by atoms with van der Waals surface area (Å²) in [7, 11) is 2.06. The molecule has 1 heterocycles. The van der Waals surface area contributed by atoms with E-state index >= 15 is 0 Å². The number of likely N-dealkylation sites (N-methyl/N-ethyl adjacent to an activating group) is 1. The first-order chi connectivity index (χ1) is 9.20. The maximum atomic E-state index is 6.24. The second kappa shape index (κ2) is 6.82. The molecule has 0 amide bonds. The SMILES string of the molecule is CCOC1(C(Cc2cncs2)NC)CCC(C)CC1. The van der Waals surface area contributed by atoms with Crippen LogP contribution in [0.15, 0.2) is 11.7 Å². The van der Waals surface area contributed by atoms with Crippen molar-refractivity contribution >= 4 is 11.3 Å². The highest BCUT2D eigenvalue weighted by Crippen LogP contribution is 2.38. The van der Waals surface area contributed by atoms with E-state index in [9.17, 15) is 0 Å². The van der Waals surface area contributed by atoms with Gasteiger partial charge in [-0.25, -0.2) is 0 Å². The van der Waals surface area contributed by atoms with Gasteiger partial charge in [0, 0.05) is 30.1 Å². The number of aromatic nitrogens is 1. The average Bonchev–Trinajstić information content (AvgIpc) is 2.92. The van der Waals surface area contributed by atoms with E-state index in [-0.39, 0.29) is 5.60 Å². The van der Waals surface area contributed by atoms with Gasteiger partial charge in [-0.2, -0.15) is 0 Å². The molecule has 4 heteroatoms. The maximum absolute atomic E-state index is 6.24. The minimum atomic E-state index is 0.0139. The predicted molar refractivity (Wildman–Crippen MR) is 80.7 cm³/mol. The highest BCUT2D eigenvalue weighted by molar-refractivity contribution is 7.09. The van der Waals surface area contributed by atoms with E-state index in [4.69, 9.17) is 4.74 Å². The molecule has 1 aromatic heterocycles. The summed E-state index contributed by atoms with van der Waals surface area (Å²) in [6.45, 7) is 5.27. The molecule has 0 aromatic carbocycles. The monoisotopic (exact) mass is 282 g/mol. The van der Waals surface area contributed by atoms with Crippen molar-refractivity contribution in [2.45, 2.75) is 57.6 Å². The second-order valence-corrected chi connectivity index (χ2v) is 6.66. The first-order valence-electron chi connectivity index (χ1n) is 7.38. The fraction of sp³-hybridized carbons (Fsp3) is 0.800. The molecule has 1 atom stereocenters. The lowest BCUT2D eigenvalue weighted by molar-refractivity contribution is -0.0946. The lowest BCUT2D eigenvalue weighted by atomic mass is 9.74. The van der Waals surface area contributed by atoms with E-state index < -0.39 is 0 Å². The van der Waals surface area contributed by atoms with Crippen molar-refractivity contribution in [2.75, 3.05) is 13.7 Å². The van der Waals surface area contributed by atoms with E-state index in [1.54, 1.807) is 11.3 Å². The molecular formula is C15H26N2OS. The zero-order valence-electron chi connectivity index (χ0n) is 12.3. The van der Waals surface area contributed by atoms with E-state index in [0.717, 1.165) is 18.9 Å². The van der Waals surface area contributed by atoms with Crippen molar-refractivity contribution in [2.24, 2.45) is 5.92 Å². The van der Waals surface area contributed by atoms with Crippen molar-refractivity contribution in [3.63, 3.8) is 0 Å². The molecular weight excluding hydrogens is 256 g/mol. The van der Waals surface area contributed by atoms with Crippen LogP contribution in [0.2, 0.25) is 0 Å².